The average Bonchev–Trinajstić information content (AvgIpc) is 3.42. The molecule has 0 unspecified atom stereocenters. The number of thiazole rings is 1. The Morgan fingerprint density at radius 1 is 1.41 bits per heavy atom. The highest BCUT2D eigenvalue weighted by atomic mass is 35.5. The summed E-state index contributed by atoms with van der Waals surface area (Å²) in [5, 5.41) is 2.69. The molecule has 2 atom stereocenters. The molecule has 1 aromatic heterocycles. The van der Waals surface area contributed by atoms with E-state index in [1.54, 1.807) is 25.1 Å². The molecule has 2 aliphatic heterocycles. The van der Waals surface area contributed by atoms with E-state index >= 15 is 0 Å². The number of carbonyl (C=O) groups is 2. The predicted octanol–water partition coefficient (Wildman–Crippen LogP) is 3.81. The molecule has 168 valence electrons. The highest BCUT2D eigenvalue weighted by Crippen LogP contribution is 2.43. The van der Waals surface area contributed by atoms with Crippen LogP contribution in [0.3, 0.4) is 0 Å². The Kier molecular flexibility index (Phi) is 6.30. The third kappa shape index (κ3) is 4.02. The lowest BCUT2D eigenvalue weighted by Crippen LogP contribution is -2.40. The molecule has 0 aliphatic carbocycles. The molecule has 1 amide bonds. The van der Waals surface area contributed by atoms with Gasteiger partial charge in [-0.3, -0.25) is 9.79 Å². The molecule has 0 N–H and O–H groups in total. The van der Waals surface area contributed by atoms with E-state index in [0.29, 0.717) is 40.6 Å². The SMILES string of the molecule is CCOC(=O)C1=C2C[C@H](N(C)C(C)=O)CN2C(c2nccs2)=N[C@H]1c1ccc(F)cc1Cl. The van der Waals surface area contributed by atoms with Crippen molar-refractivity contribution in [1.29, 1.82) is 0 Å². The molecule has 2 aliphatic rings. The first-order chi connectivity index (χ1) is 15.3. The quantitative estimate of drug-likeness (QED) is 0.613. The van der Waals surface area contributed by atoms with E-state index in [-0.39, 0.29) is 23.6 Å². The van der Waals surface area contributed by atoms with Gasteiger partial charge in [0.1, 0.15) is 11.9 Å². The predicted molar refractivity (Wildman–Crippen MR) is 120 cm³/mol. The van der Waals surface area contributed by atoms with Crippen molar-refractivity contribution in [3.63, 3.8) is 0 Å². The minimum Gasteiger partial charge on any atom is -0.463 e. The number of aliphatic imine (C=N–C) groups is 1. The molecular formula is C22H22ClFN4O3S. The Bertz CT molecular complexity index is 1120. The molecule has 7 nitrogen and oxygen atoms in total. The number of aromatic nitrogens is 1. The number of nitrogens with zero attached hydrogens (tertiary/aromatic N) is 4. The van der Waals surface area contributed by atoms with E-state index in [9.17, 15) is 14.0 Å². The van der Waals surface area contributed by atoms with Gasteiger partial charge in [-0.2, -0.15) is 0 Å². The molecule has 0 spiro atoms. The van der Waals surface area contributed by atoms with Gasteiger partial charge in [0, 0.05) is 54.8 Å². The normalized spacial score (nSPS) is 20.2. The monoisotopic (exact) mass is 476 g/mol. The summed E-state index contributed by atoms with van der Waals surface area (Å²) < 4.78 is 19.1. The van der Waals surface area contributed by atoms with Crippen molar-refractivity contribution in [2.75, 3.05) is 20.2 Å². The number of hydrogen-bond donors (Lipinski definition) is 0. The number of likely N-dealkylation sites (N-methyl/N-ethyl adjacent to an activating group) is 1. The Labute approximate surface area is 194 Å². The van der Waals surface area contributed by atoms with Gasteiger partial charge in [0.25, 0.3) is 0 Å². The molecule has 0 saturated carbocycles. The summed E-state index contributed by atoms with van der Waals surface area (Å²) in [7, 11) is 1.74. The number of amides is 1. The largest absolute Gasteiger partial charge is 0.463 e. The summed E-state index contributed by atoms with van der Waals surface area (Å²) in [6.07, 6.45) is 2.13. The van der Waals surface area contributed by atoms with Gasteiger partial charge in [0.2, 0.25) is 5.91 Å². The molecule has 0 bridgehead atoms. The molecule has 1 fully saturated rings. The van der Waals surface area contributed by atoms with Crippen molar-refractivity contribution in [1.82, 2.24) is 14.8 Å². The summed E-state index contributed by atoms with van der Waals surface area (Å²) in [4.78, 5) is 38.0. The van der Waals surface area contributed by atoms with E-state index in [0.717, 1.165) is 0 Å². The van der Waals surface area contributed by atoms with Crippen molar-refractivity contribution >= 4 is 40.6 Å². The second-order valence-electron chi connectivity index (χ2n) is 7.54. The zero-order chi connectivity index (χ0) is 23.0. The molecule has 1 aromatic carbocycles. The third-order valence-electron chi connectivity index (χ3n) is 5.66. The number of hydrogen-bond acceptors (Lipinski definition) is 7. The number of rotatable bonds is 5. The van der Waals surface area contributed by atoms with E-state index < -0.39 is 17.8 Å². The van der Waals surface area contributed by atoms with Crippen molar-refractivity contribution in [3.05, 3.63) is 62.5 Å². The number of ether oxygens (including phenoxy) is 1. The smallest absolute Gasteiger partial charge is 0.338 e. The maximum Gasteiger partial charge on any atom is 0.338 e. The van der Waals surface area contributed by atoms with Crippen molar-refractivity contribution in [2.45, 2.75) is 32.4 Å². The van der Waals surface area contributed by atoms with Crippen LogP contribution in [0.15, 0.2) is 46.0 Å². The molecule has 3 heterocycles. The maximum absolute atomic E-state index is 13.7. The van der Waals surface area contributed by atoms with E-state index in [2.05, 4.69) is 4.98 Å². The number of carbonyl (C=O) groups excluding carboxylic acids is 2. The second-order valence-corrected chi connectivity index (χ2v) is 8.84. The van der Waals surface area contributed by atoms with Crippen LogP contribution >= 0.6 is 22.9 Å². The van der Waals surface area contributed by atoms with Crippen LogP contribution in [-0.2, 0) is 14.3 Å². The Hall–Kier alpha value is -2.78. The standard InChI is InChI=1S/C22H22ClFN4O3S/c1-4-31-22(30)18-17-10-14(27(3)12(2)29)11-28(17)20(21-25-7-8-32-21)26-19(18)15-6-5-13(24)9-16(15)23/h5-9,14,19H,4,10-11H2,1-3H3/t14-,19-/m0/s1. The number of halogens is 2. The van der Waals surface area contributed by atoms with Crippen LogP contribution < -0.4 is 0 Å². The van der Waals surface area contributed by atoms with Gasteiger partial charge in [-0.1, -0.05) is 17.7 Å². The lowest BCUT2D eigenvalue weighted by molar-refractivity contribution is -0.139. The van der Waals surface area contributed by atoms with Gasteiger partial charge >= 0.3 is 5.97 Å². The number of benzene rings is 1. The number of esters is 1. The van der Waals surface area contributed by atoms with Crippen molar-refractivity contribution in [3.8, 4) is 0 Å². The van der Waals surface area contributed by atoms with Crippen LogP contribution in [0.1, 0.15) is 36.9 Å². The van der Waals surface area contributed by atoms with Crippen LogP contribution in [-0.4, -0.2) is 58.7 Å². The summed E-state index contributed by atoms with van der Waals surface area (Å²) in [6.45, 7) is 3.90. The van der Waals surface area contributed by atoms with Gasteiger partial charge in [-0.15, -0.1) is 11.3 Å². The third-order valence-corrected chi connectivity index (χ3v) is 6.76. The summed E-state index contributed by atoms with van der Waals surface area (Å²) >= 11 is 7.80. The molecule has 0 radical (unpaired) electrons. The highest BCUT2D eigenvalue weighted by molar-refractivity contribution is 7.11. The van der Waals surface area contributed by atoms with Crippen molar-refractivity contribution in [2.24, 2.45) is 4.99 Å². The minimum atomic E-state index is -0.784. The minimum absolute atomic E-state index is 0.0704. The lowest BCUT2D eigenvalue weighted by atomic mass is 9.94. The van der Waals surface area contributed by atoms with Crippen LogP contribution in [0.2, 0.25) is 5.02 Å². The Morgan fingerprint density at radius 3 is 2.81 bits per heavy atom. The molecule has 4 rings (SSSR count). The van der Waals surface area contributed by atoms with E-state index in [4.69, 9.17) is 21.3 Å². The molecule has 10 heteroatoms. The fraction of sp³-hybridized carbons (Fsp3) is 0.364. The molecular weight excluding hydrogens is 455 g/mol. The Balaban J connectivity index is 1.90. The first kappa shape index (κ1) is 22.4. The van der Waals surface area contributed by atoms with Gasteiger partial charge in [0.05, 0.1) is 18.2 Å². The fourth-order valence-electron chi connectivity index (χ4n) is 4.01. The zero-order valence-electron chi connectivity index (χ0n) is 17.8. The van der Waals surface area contributed by atoms with E-state index in [1.165, 1.54) is 36.5 Å². The zero-order valence-corrected chi connectivity index (χ0v) is 19.4. The molecule has 1 saturated heterocycles. The van der Waals surface area contributed by atoms with Crippen LogP contribution in [0.4, 0.5) is 4.39 Å². The molecule has 32 heavy (non-hydrogen) atoms. The Morgan fingerprint density at radius 2 is 2.19 bits per heavy atom. The summed E-state index contributed by atoms with van der Waals surface area (Å²) in [5.74, 6) is -0.465. The fourth-order valence-corrected chi connectivity index (χ4v) is 4.92. The van der Waals surface area contributed by atoms with Crippen LogP contribution in [0.25, 0.3) is 0 Å². The van der Waals surface area contributed by atoms with Crippen LogP contribution in [0, 0.1) is 5.82 Å². The first-order valence-corrected chi connectivity index (χ1v) is 11.4. The number of amidine groups is 1. The summed E-state index contributed by atoms with van der Waals surface area (Å²) in [5.41, 5.74) is 1.56. The lowest BCUT2D eigenvalue weighted by Gasteiger charge is -2.31. The topological polar surface area (TPSA) is 75.1 Å². The second kappa shape index (κ2) is 8.99. The van der Waals surface area contributed by atoms with Gasteiger partial charge in [0.15, 0.2) is 10.8 Å². The van der Waals surface area contributed by atoms with Gasteiger partial charge in [-0.25, -0.2) is 14.2 Å². The average molecular weight is 477 g/mol. The van der Waals surface area contributed by atoms with Gasteiger partial charge in [-0.05, 0) is 19.1 Å². The van der Waals surface area contributed by atoms with Crippen molar-refractivity contribution < 1.29 is 18.7 Å². The maximum atomic E-state index is 13.7. The highest BCUT2D eigenvalue weighted by Gasteiger charge is 2.43. The first-order valence-electron chi connectivity index (χ1n) is 10.2. The van der Waals surface area contributed by atoms with E-state index in [1.807, 2.05) is 10.3 Å². The number of fused-ring (bicyclic) bond motifs is 1. The van der Waals surface area contributed by atoms with Gasteiger partial charge < -0.3 is 14.5 Å². The van der Waals surface area contributed by atoms with Crippen LogP contribution in [0.5, 0.6) is 0 Å². The summed E-state index contributed by atoms with van der Waals surface area (Å²) in [6, 6.07) is 3.10. The molecule has 2 aromatic rings.